The number of carbonyl (C=O) groups is 2. The number of imidazole rings is 1. The molecule has 10 atom stereocenters. The average Bonchev–Trinajstić information content (AvgIpc) is 3.89. The van der Waals surface area contributed by atoms with Gasteiger partial charge in [-0.15, -0.1) is 0 Å². The number of ether oxygens (including phenoxy) is 1. The van der Waals surface area contributed by atoms with Gasteiger partial charge in [-0.3, -0.25) is 13.9 Å². The Labute approximate surface area is 348 Å². The van der Waals surface area contributed by atoms with Crippen molar-refractivity contribution in [1.29, 1.82) is 0 Å². The minimum absolute atomic E-state index is 0.0280. The van der Waals surface area contributed by atoms with E-state index in [1.54, 1.807) is 25.6 Å². The monoisotopic (exact) mass is 934 g/mol. The second-order valence-electron chi connectivity index (χ2n) is 16.1. The molecule has 5 heterocycles. The number of nitrogens with two attached hydrogens (primary N) is 1. The molecule has 3 fully saturated rings. The van der Waals surface area contributed by atoms with Crippen molar-refractivity contribution in [1.82, 2.24) is 45.5 Å². The molecule has 2 aromatic heterocycles. The summed E-state index contributed by atoms with van der Waals surface area (Å²) in [4.78, 5) is 68.7. The van der Waals surface area contributed by atoms with Crippen molar-refractivity contribution in [2.24, 2.45) is 10.8 Å². The minimum atomic E-state index is -5.73. The molecule has 0 radical (unpaired) electrons. The van der Waals surface area contributed by atoms with Crippen LogP contribution in [0.1, 0.15) is 46.8 Å². The number of rotatable bonds is 21. The molecule has 3 aliphatic rings. The third-order valence-electron chi connectivity index (χ3n) is 9.95. The van der Waals surface area contributed by atoms with Crippen LogP contribution in [0.4, 0.5) is 15.4 Å². The summed E-state index contributed by atoms with van der Waals surface area (Å²) >= 11 is 2.96. The minimum Gasteiger partial charge on any atom is -0.387 e. The number of fused-ring (bicyclic) bond motifs is 2. The van der Waals surface area contributed by atoms with Crippen LogP contribution in [0.3, 0.4) is 0 Å². The van der Waals surface area contributed by atoms with E-state index in [0.29, 0.717) is 31.8 Å². The van der Waals surface area contributed by atoms with Gasteiger partial charge < -0.3 is 56.2 Å². The summed E-state index contributed by atoms with van der Waals surface area (Å²) in [7, 11) is -14.4. The second-order valence-corrected chi connectivity index (χ2v) is 23.1. The highest BCUT2D eigenvalue weighted by Crippen LogP contribution is 2.66. The predicted molar refractivity (Wildman–Crippen MR) is 217 cm³/mol. The normalized spacial score (nSPS) is 27.8. The van der Waals surface area contributed by atoms with Gasteiger partial charge in [0.15, 0.2) is 17.7 Å². The van der Waals surface area contributed by atoms with Crippen molar-refractivity contribution in [3.63, 3.8) is 0 Å². The SMILES string of the molecule is CN(CCC(C)(C)CNC(=O)SC[C@@H]1SC[C@@H]2NC(=O)N[C@@H]21)CCC(C)(C)CNP(=O)(O)OP(=O)(O)OP(=O)(O)OCC1OC(n2cnc3c(N)ncnc32)C(O)C1O. The van der Waals surface area contributed by atoms with Gasteiger partial charge >= 0.3 is 29.4 Å². The number of aliphatic hydroxyl groups is 2. The molecule has 11 N–H and O–H groups in total. The van der Waals surface area contributed by atoms with E-state index in [2.05, 4.69) is 49.5 Å². The van der Waals surface area contributed by atoms with Gasteiger partial charge in [-0.2, -0.15) is 20.4 Å². The number of phosphoric acid groups is 2. The molecule has 3 saturated heterocycles. The predicted octanol–water partition coefficient (Wildman–Crippen LogP) is 1.34. The van der Waals surface area contributed by atoms with E-state index >= 15 is 0 Å². The zero-order valence-electron chi connectivity index (χ0n) is 32.9. The lowest BCUT2D eigenvalue weighted by Gasteiger charge is -2.31. The van der Waals surface area contributed by atoms with E-state index in [4.69, 9.17) is 15.0 Å². The van der Waals surface area contributed by atoms with E-state index in [9.17, 15) is 48.2 Å². The molecule has 24 nitrogen and oxygen atoms in total. The maximum atomic E-state index is 12.7. The van der Waals surface area contributed by atoms with Crippen LogP contribution in [0.25, 0.3) is 11.2 Å². The van der Waals surface area contributed by atoms with Crippen LogP contribution >= 0.6 is 46.9 Å². The Morgan fingerprint density at radius 1 is 1.05 bits per heavy atom. The number of phosphoric ester groups is 1. The number of thioether (sulfide) groups is 2. The summed E-state index contributed by atoms with van der Waals surface area (Å²) in [5.74, 6) is 1.46. The number of nitrogens with zero attached hydrogens (tertiary/aromatic N) is 5. The Balaban J connectivity index is 0.988. The summed E-state index contributed by atoms with van der Waals surface area (Å²) in [5, 5.41) is 32.1. The summed E-state index contributed by atoms with van der Waals surface area (Å²) in [6.45, 7) is 8.28. The Hall–Kier alpha value is -1.96. The smallest absolute Gasteiger partial charge is 0.387 e. The van der Waals surface area contributed by atoms with E-state index in [-0.39, 0.29) is 57.5 Å². The fourth-order valence-corrected chi connectivity index (χ4v) is 12.7. The van der Waals surface area contributed by atoms with Gasteiger partial charge in [-0.05, 0) is 43.8 Å². The Bertz CT molecular complexity index is 1970. The van der Waals surface area contributed by atoms with Crippen molar-refractivity contribution in [3.8, 4) is 0 Å². The van der Waals surface area contributed by atoms with Crippen molar-refractivity contribution in [2.75, 3.05) is 57.1 Å². The molecule has 29 heteroatoms. The van der Waals surface area contributed by atoms with Crippen LogP contribution in [0, 0.1) is 10.8 Å². The zero-order chi connectivity index (χ0) is 43.6. The van der Waals surface area contributed by atoms with Crippen LogP contribution in [0.5, 0.6) is 0 Å². The molecular formula is C30H53N10O14P3S2. The van der Waals surface area contributed by atoms with Gasteiger partial charge in [-0.1, -0.05) is 39.5 Å². The van der Waals surface area contributed by atoms with Crippen molar-refractivity contribution in [2.45, 2.75) is 82.4 Å². The van der Waals surface area contributed by atoms with E-state index in [1.165, 1.54) is 22.7 Å². The number of aromatic nitrogens is 4. The number of carbonyl (C=O) groups excluding carboxylic acids is 2. The number of aliphatic hydroxyl groups excluding tert-OH is 2. The Morgan fingerprint density at radius 2 is 1.73 bits per heavy atom. The lowest BCUT2D eigenvalue weighted by molar-refractivity contribution is -0.0503. The number of hydrogen-bond acceptors (Lipinski definition) is 18. The lowest BCUT2D eigenvalue weighted by atomic mass is 9.88. The molecule has 7 unspecified atom stereocenters. The Kier molecular flexibility index (Phi) is 15.6. The quantitative estimate of drug-likeness (QED) is 0.0623. The maximum absolute atomic E-state index is 12.7. The number of amides is 3. The largest absolute Gasteiger partial charge is 0.489 e. The highest BCUT2D eigenvalue weighted by Gasteiger charge is 2.47. The first-order valence-electron chi connectivity index (χ1n) is 18.4. The molecule has 0 aromatic carbocycles. The fourth-order valence-electron chi connectivity index (χ4n) is 6.30. The highest BCUT2D eigenvalue weighted by atomic mass is 32.2. The number of nitrogens with one attached hydrogen (secondary N) is 4. The van der Waals surface area contributed by atoms with Crippen molar-refractivity contribution >= 4 is 75.2 Å². The molecular weight excluding hydrogens is 881 g/mol. The van der Waals surface area contributed by atoms with Crippen molar-refractivity contribution in [3.05, 3.63) is 12.7 Å². The summed E-state index contributed by atoms with van der Waals surface area (Å²) < 4.78 is 57.9. The van der Waals surface area contributed by atoms with Crippen LogP contribution in [-0.2, 0) is 31.6 Å². The number of nitrogen functional groups attached to an aromatic ring is 1. The number of urea groups is 1. The average molecular weight is 935 g/mol. The molecule has 5 rings (SSSR count). The van der Waals surface area contributed by atoms with Crippen LogP contribution in [-0.4, -0.2) is 148 Å². The molecule has 3 aliphatic heterocycles. The molecule has 0 saturated carbocycles. The molecule has 59 heavy (non-hydrogen) atoms. The van der Waals surface area contributed by atoms with Gasteiger partial charge in [0.05, 0.1) is 25.0 Å². The van der Waals surface area contributed by atoms with Gasteiger partial charge in [-0.25, -0.2) is 38.5 Å². The zero-order valence-corrected chi connectivity index (χ0v) is 37.3. The first-order chi connectivity index (χ1) is 27.3. The highest BCUT2D eigenvalue weighted by molar-refractivity contribution is 8.14. The van der Waals surface area contributed by atoms with Gasteiger partial charge in [0.2, 0.25) is 0 Å². The topological polar surface area (TPSA) is 344 Å². The van der Waals surface area contributed by atoms with Crippen molar-refractivity contribution < 1.29 is 66.1 Å². The number of anilines is 1. The molecule has 0 spiro atoms. The third-order valence-corrected chi connectivity index (χ3v) is 16.9. The maximum Gasteiger partial charge on any atom is 0.489 e. The molecule has 0 aliphatic carbocycles. The first kappa shape index (κ1) is 48.1. The first-order valence-corrected chi connectivity index (χ1v) is 25.0. The van der Waals surface area contributed by atoms with Crippen LogP contribution in [0.2, 0.25) is 0 Å². The summed E-state index contributed by atoms with van der Waals surface area (Å²) in [6.07, 6.45) is -2.44. The van der Waals surface area contributed by atoms with Gasteiger partial charge in [0, 0.05) is 29.8 Å². The fraction of sp³-hybridized carbons (Fsp3) is 0.767. The number of hydrogen-bond donors (Lipinski definition) is 10. The molecule has 2 aromatic rings. The van der Waals surface area contributed by atoms with Gasteiger partial charge in [0.1, 0.15) is 30.2 Å². The van der Waals surface area contributed by atoms with E-state index in [0.717, 1.165) is 18.5 Å². The summed E-state index contributed by atoms with van der Waals surface area (Å²) in [6, 6.07) is -0.0405. The Morgan fingerprint density at radius 3 is 2.42 bits per heavy atom. The van der Waals surface area contributed by atoms with Crippen LogP contribution in [0.15, 0.2) is 12.7 Å². The second kappa shape index (κ2) is 19.2. The molecule has 3 amide bonds. The van der Waals surface area contributed by atoms with E-state index < -0.39 is 60.0 Å². The van der Waals surface area contributed by atoms with Gasteiger partial charge in [0.25, 0.3) is 5.24 Å². The standard InChI is InChI=1S/C30H53N10O14P3S2/c1-29(2,13-32-28(44)59-12-19-20-17(11-58-19)37-27(43)38-20)6-8-39(5)9-7-30(3,4)14-36-55(45,46)53-57(49,50)54-56(47,48)51-10-18-22(41)23(42)26(52-18)40-16-35-21-24(31)33-15-34-25(21)40/h15-20,22-23,26,41-42H,6-14H2,1-5H3,(H,32,44)(H,47,48)(H,49,50)(H2,31,33,34)(H2,36,45,46)(H2,37,38,43)/t17-,18?,19-,20-,22?,23?,26?/m0/s1. The van der Waals surface area contributed by atoms with E-state index in [1.807, 2.05) is 20.9 Å². The summed E-state index contributed by atoms with van der Waals surface area (Å²) in [5.41, 5.74) is 5.26. The lowest BCUT2D eigenvalue weighted by Crippen LogP contribution is -2.39. The third kappa shape index (κ3) is 13.5. The van der Waals surface area contributed by atoms with Crippen LogP contribution < -0.4 is 26.8 Å². The molecule has 334 valence electrons. The molecule has 0 bridgehead atoms.